The van der Waals surface area contributed by atoms with Crippen LogP contribution in [0.4, 0.5) is 0 Å². The normalized spacial score (nSPS) is 23.2. The van der Waals surface area contributed by atoms with E-state index in [9.17, 15) is 0 Å². The second kappa shape index (κ2) is 8.58. The summed E-state index contributed by atoms with van der Waals surface area (Å²) >= 11 is 0. The molecule has 1 N–H and O–H groups in total. The van der Waals surface area contributed by atoms with Gasteiger partial charge in [0.2, 0.25) is 0 Å². The highest BCUT2D eigenvalue weighted by Gasteiger charge is 2.24. The second-order valence-electron chi connectivity index (χ2n) is 7.34. The molecule has 1 aliphatic rings. The van der Waals surface area contributed by atoms with E-state index in [2.05, 4.69) is 50.4 Å². The number of hydrogen-bond donors (Lipinski definition) is 1. The molecular weight excluding hydrogens is 254 g/mol. The molecule has 1 aliphatic carbocycles. The molecule has 0 aromatic heterocycles. The van der Waals surface area contributed by atoms with E-state index in [1.165, 1.54) is 50.6 Å². The number of benzene rings is 1. The Morgan fingerprint density at radius 3 is 2.48 bits per heavy atom. The topological polar surface area (TPSA) is 12.0 Å². The Morgan fingerprint density at radius 2 is 1.76 bits per heavy atom. The summed E-state index contributed by atoms with van der Waals surface area (Å²) in [7, 11) is 0. The minimum atomic E-state index is 0.755. The highest BCUT2D eigenvalue weighted by molar-refractivity contribution is 5.26. The van der Waals surface area contributed by atoms with Crippen LogP contribution in [-0.4, -0.2) is 13.1 Å². The van der Waals surface area contributed by atoms with Gasteiger partial charge in [-0.15, -0.1) is 0 Å². The van der Waals surface area contributed by atoms with Crippen molar-refractivity contribution in [1.29, 1.82) is 0 Å². The maximum atomic E-state index is 3.71. The summed E-state index contributed by atoms with van der Waals surface area (Å²) in [5.74, 6) is 2.49. The van der Waals surface area contributed by atoms with E-state index in [0.29, 0.717) is 0 Å². The predicted octanol–water partition coefficient (Wildman–Crippen LogP) is 4.98. The molecule has 2 rings (SSSR count). The summed E-state index contributed by atoms with van der Waals surface area (Å²) < 4.78 is 0. The van der Waals surface area contributed by atoms with Gasteiger partial charge in [-0.25, -0.2) is 0 Å². The molecule has 1 heteroatoms. The Balaban J connectivity index is 1.96. The van der Waals surface area contributed by atoms with Gasteiger partial charge in [0, 0.05) is 0 Å². The molecule has 21 heavy (non-hydrogen) atoms. The van der Waals surface area contributed by atoms with Gasteiger partial charge < -0.3 is 5.32 Å². The van der Waals surface area contributed by atoms with Gasteiger partial charge in [0.1, 0.15) is 0 Å². The molecular formula is C20H33N. The molecule has 1 nitrogen and oxygen atoms in total. The molecule has 0 radical (unpaired) electrons. The van der Waals surface area contributed by atoms with Gasteiger partial charge in [-0.3, -0.25) is 0 Å². The zero-order chi connectivity index (χ0) is 15.1. The van der Waals surface area contributed by atoms with Crippen LogP contribution in [0.1, 0.15) is 57.1 Å². The number of nitrogens with one attached hydrogen (secondary N) is 1. The Kier molecular flexibility index (Phi) is 6.76. The number of aryl methyl sites for hydroxylation is 1. The Bertz CT molecular complexity index is 410. The zero-order valence-electron chi connectivity index (χ0n) is 14.2. The number of hydrogen-bond acceptors (Lipinski definition) is 1. The average molecular weight is 287 g/mol. The van der Waals surface area contributed by atoms with Gasteiger partial charge in [0.15, 0.2) is 0 Å². The molecule has 0 bridgehead atoms. The average Bonchev–Trinajstić information content (AvgIpc) is 2.67. The molecule has 0 aliphatic heterocycles. The van der Waals surface area contributed by atoms with Gasteiger partial charge in [0.05, 0.1) is 0 Å². The molecule has 2 atom stereocenters. The van der Waals surface area contributed by atoms with Gasteiger partial charge in [-0.05, 0) is 68.2 Å². The van der Waals surface area contributed by atoms with Crippen LogP contribution >= 0.6 is 0 Å². The van der Waals surface area contributed by atoms with Gasteiger partial charge in [-0.1, -0.05) is 57.4 Å². The number of rotatable bonds is 6. The van der Waals surface area contributed by atoms with Crippen LogP contribution in [-0.2, 0) is 6.42 Å². The monoisotopic (exact) mass is 287 g/mol. The maximum Gasteiger partial charge on any atom is -0.00176 e. The summed E-state index contributed by atoms with van der Waals surface area (Å²) in [5.41, 5.74) is 3.04. The summed E-state index contributed by atoms with van der Waals surface area (Å²) in [6.45, 7) is 9.23. The van der Waals surface area contributed by atoms with Crippen LogP contribution in [0.25, 0.3) is 0 Å². The first-order valence-electron chi connectivity index (χ1n) is 8.92. The molecule has 2 unspecified atom stereocenters. The molecule has 118 valence electrons. The minimum Gasteiger partial charge on any atom is -0.316 e. The third-order valence-electron chi connectivity index (χ3n) is 5.02. The Labute approximate surface area is 131 Å². The lowest BCUT2D eigenvalue weighted by atomic mass is 9.82. The summed E-state index contributed by atoms with van der Waals surface area (Å²) in [4.78, 5) is 0. The van der Waals surface area contributed by atoms with Gasteiger partial charge in [-0.2, -0.15) is 0 Å². The van der Waals surface area contributed by atoms with Crippen LogP contribution in [0.5, 0.6) is 0 Å². The molecule has 0 amide bonds. The molecule has 0 spiro atoms. The first kappa shape index (κ1) is 16.5. The van der Waals surface area contributed by atoms with Crippen molar-refractivity contribution in [3.8, 4) is 0 Å². The lowest BCUT2D eigenvalue weighted by molar-refractivity contribution is 0.293. The van der Waals surface area contributed by atoms with E-state index < -0.39 is 0 Å². The Morgan fingerprint density at radius 1 is 1.05 bits per heavy atom. The van der Waals surface area contributed by atoms with Crippen molar-refractivity contribution in [3.63, 3.8) is 0 Å². The van der Waals surface area contributed by atoms with Crippen LogP contribution in [0.3, 0.4) is 0 Å². The van der Waals surface area contributed by atoms with Crippen LogP contribution in [0.15, 0.2) is 24.3 Å². The Hall–Kier alpha value is -0.820. The minimum absolute atomic E-state index is 0.755. The van der Waals surface area contributed by atoms with Crippen molar-refractivity contribution in [1.82, 2.24) is 5.32 Å². The van der Waals surface area contributed by atoms with Crippen LogP contribution in [0, 0.1) is 24.7 Å². The quantitative estimate of drug-likeness (QED) is 0.728. The van der Waals surface area contributed by atoms with Crippen molar-refractivity contribution in [2.45, 2.75) is 59.3 Å². The lowest BCUT2D eigenvalue weighted by Crippen LogP contribution is -2.31. The van der Waals surface area contributed by atoms with Crippen molar-refractivity contribution in [3.05, 3.63) is 35.4 Å². The molecule has 1 aromatic rings. The fourth-order valence-electron chi connectivity index (χ4n) is 3.68. The first-order valence-corrected chi connectivity index (χ1v) is 8.92. The standard InChI is InChI=1S/C20H33N/c1-16(2)14-21-15-20-12-6-4-5-11-19(20)13-18-10-8-7-9-17(18)3/h7-10,16,19-21H,4-6,11-15H2,1-3H3. The lowest BCUT2D eigenvalue weighted by Gasteiger charge is -2.26. The second-order valence-corrected chi connectivity index (χ2v) is 7.34. The van der Waals surface area contributed by atoms with E-state index in [1.807, 2.05) is 0 Å². The molecule has 0 saturated heterocycles. The predicted molar refractivity (Wildman–Crippen MR) is 92.7 cm³/mol. The highest BCUT2D eigenvalue weighted by atomic mass is 14.9. The van der Waals surface area contributed by atoms with Crippen LogP contribution in [0.2, 0.25) is 0 Å². The molecule has 1 saturated carbocycles. The fourth-order valence-corrected chi connectivity index (χ4v) is 3.68. The van der Waals surface area contributed by atoms with Crippen molar-refractivity contribution < 1.29 is 0 Å². The molecule has 1 fully saturated rings. The van der Waals surface area contributed by atoms with Crippen molar-refractivity contribution >= 4 is 0 Å². The summed E-state index contributed by atoms with van der Waals surface area (Å²) in [5, 5.41) is 3.71. The van der Waals surface area contributed by atoms with Crippen LogP contribution < -0.4 is 5.32 Å². The summed E-state index contributed by atoms with van der Waals surface area (Å²) in [6.07, 6.45) is 8.41. The fraction of sp³-hybridized carbons (Fsp3) is 0.700. The van der Waals surface area contributed by atoms with Gasteiger partial charge in [0.25, 0.3) is 0 Å². The SMILES string of the molecule is Cc1ccccc1CC1CCCCCC1CNCC(C)C. The molecule has 1 aromatic carbocycles. The largest absolute Gasteiger partial charge is 0.316 e. The summed E-state index contributed by atoms with van der Waals surface area (Å²) in [6, 6.07) is 8.95. The molecule has 0 heterocycles. The third kappa shape index (κ3) is 5.47. The van der Waals surface area contributed by atoms with E-state index in [1.54, 1.807) is 5.56 Å². The maximum absolute atomic E-state index is 3.71. The van der Waals surface area contributed by atoms with Gasteiger partial charge >= 0.3 is 0 Å². The van der Waals surface area contributed by atoms with E-state index >= 15 is 0 Å². The smallest absolute Gasteiger partial charge is 0.00176 e. The van der Waals surface area contributed by atoms with E-state index in [4.69, 9.17) is 0 Å². The van der Waals surface area contributed by atoms with E-state index in [-0.39, 0.29) is 0 Å². The van der Waals surface area contributed by atoms with E-state index in [0.717, 1.165) is 24.3 Å². The zero-order valence-corrected chi connectivity index (χ0v) is 14.2. The van der Waals surface area contributed by atoms with Crippen molar-refractivity contribution in [2.75, 3.05) is 13.1 Å². The third-order valence-corrected chi connectivity index (χ3v) is 5.02. The van der Waals surface area contributed by atoms with Crippen molar-refractivity contribution in [2.24, 2.45) is 17.8 Å². The highest BCUT2D eigenvalue weighted by Crippen LogP contribution is 2.31. The first-order chi connectivity index (χ1) is 10.2.